The topological polar surface area (TPSA) is 117 Å². The van der Waals surface area contributed by atoms with Gasteiger partial charge in [-0.25, -0.2) is 4.79 Å². The molecule has 1 aromatic heterocycles. The summed E-state index contributed by atoms with van der Waals surface area (Å²) in [4.78, 5) is 28.1. The Bertz CT molecular complexity index is 638. The lowest BCUT2D eigenvalue weighted by molar-refractivity contribution is -0.120. The maximum absolute atomic E-state index is 12.0. The van der Waals surface area contributed by atoms with Crippen molar-refractivity contribution in [3.63, 3.8) is 0 Å². The summed E-state index contributed by atoms with van der Waals surface area (Å²) in [6, 6.07) is 3.53. The first-order valence-corrected chi connectivity index (χ1v) is 9.96. The second-order valence-electron chi connectivity index (χ2n) is 7.65. The van der Waals surface area contributed by atoms with E-state index in [4.69, 9.17) is 9.15 Å². The van der Waals surface area contributed by atoms with Crippen molar-refractivity contribution >= 4 is 18.0 Å². The van der Waals surface area contributed by atoms with E-state index in [1.54, 1.807) is 25.4 Å². The van der Waals surface area contributed by atoms with E-state index in [1.165, 1.54) is 0 Å². The first-order chi connectivity index (χ1) is 13.7. The van der Waals surface area contributed by atoms with Gasteiger partial charge < -0.3 is 30.4 Å². The van der Waals surface area contributed by atoms with Gasteiger partial charge in [-0.1, -0.05) is 19.8 Å². The molecule has 0 aromatic carbocycles. The van der Waals surface area contributed by atoms with Crippen LogP contribution < -0.4 is 21.3 Å². The van der Waals surface area contributed by atoms with E-state index >= 15 is 0 Å². The van der Waals surface area contributed by atoms with E-state index in [-0.39, 0.29) is 18.5 Å². The third kappa shape index (κ3) is 11.7. The van der Waals surface area contributed by atoms with Crippen molar-refractivity contribution in [2.75, 3.05) is 20.1 Å². The number of furan rings is 1. The quantitative estimate of drug-likeness (QED) is 0.347. The predicted octanol–water partition coefficient (Wildman–Crippen LogP) is 2.14. The minimum absolute atomic E-state index is 0.0418. The van der Waals surface area contributed by atoms with Crippen LogP contribution in [0.15, 0.2) is 27.8 Å². The summed E-state index contributed by atoms with van der Waals surface area (Å²) < 4.78 is 10.5. The molecule has 1 heterocycles. The Balaban J connectivity index is 2.45. The average Bonchev–Trinajstić information content (AvgIpc) is 3.17. The monoisotopic (exact) mass is 409 g/mol. The molecule has 164 valence electrons. The molecule has 2 amide bonds. The van der Waals surface area contributed by atoms with Gasteiger partial charge in [0.15, 0.2) is 5.96 Å². The Labute approximate surface area is 173 Å². The molecular weight excluding hydrogens is 374 g/mol. The highest BCUT2D eigenvalue weighted by Crippen LogP contribution is 2.07. The molecular formula is C20H35N5O4. The van der Waals surface area contributed by atoms with Gasteiger partial charge in [-0.3, -0.25) is 9.79 Å². The lowest BCUT2D eigenvalue weighted by Gasteiger charge is -2.24. The van der Waals surface area contributed by atoms with Crippen molar-refractivity contribution in [3.8, 4) is 0 Å². The minimum atomic E-state index is -0.545. The van der Waals surface area contributed by atoms with Gasteiger partial charge in [0.25, 0.3) is 0 Å². The van der Waals surface area contributed by atoms with E-state index in [0.29, 0.717) is 24.8 Å². The molecule has 0 radical (unpaired) electrons. The van der Waals surface area contributed by atoms with E-state index < -0.39 is 11.7 Å². The number of nitrogens with one attached hydrogen (secondary N) is 4. The van der Waals surface area contributed by atoms with Gasteiger partial charge in [-0.15, -0.1) is 0 Å². The van der Waals surface area contributed by atoms with Crippen LogP contribution in [0.3, 0.4) is 0 Å². The second kappa shape index (κ2) is 12.7. The molecule has 4 N–H and O–H groups in total. The van der Waals surface area contributed by atoms with Crippen molar-refractivity contribution in [2.24, 2.45) is 4.99 Å². The van der Waals surface area contributed by atoms with Crippen molar-refractivity contribution in [3.05, 3.63) is 24.2 Å². The Morgan fingerprint density at radius 2 is 2.00 bits per heavy atom. The van der Waals surface area contributed by atoms with Crippen LogP contribution >= 0.6 is 0 Å². The summed E-state index contributed by atoms with van der Waals surface area (Å²) in [6.07, 6.45) is 3.98. The molecule has 0 aliphatic heterocycles. The molecule has 1 atom stereocenters. The van der Waals surface area contributed by atoms with Gasteiger partial charge in [-0.05, 0) is 39.3 Å². The molecule has 0 aliphatic rings. The fourth-order valence-electron chi connectivity index (χ4n) is 2.41. The smallest absolute Gasteiger partial charge is 0.407 e. The zero-order valence-corrected chi connectivity index (χ0v) is 18.1. The van der Waals surface area contributed by atoms with E-state index in [1.807, 2.05) is 20.8 Å². The highest BCUT2D eigenvalue weighted by molar-refractivity contribution is 5.86. The molecule has 0 saturated carbocycles. The van der Waals surface area contributed by atoms with Crippen LogP contribution in [0.1, 0.15) is 52.7 Å². The van der Waals surface area contributed by atoms with E-state index in [0.717, 1.165) is 19.3 Å². The third-order valence-corrected chi connectivity index (χ3v) is 3.82. The van der Waals surface area contributed by atoms with Gasteiger partial charge in [0.05, 0.1) is 19.4 Å². The number of rotatable bonds is 10. The van der Waals surface area contributed by atoms with Crippen LogP contribution in [0, 0.1) is 0 Å². The predicted molar refractivity (Wildman–Crippen MR) is 113 cm³/mol. The number of hydrogen-bond acceptors (Lipinski definition) is 5. The molecule has 0 aliphatic carbocycles. The summed E-state index contributed by atoms with van der Waals surface area (Å²) in [5.41, 5.74) is -0.545. The van der Waals surface area contributed by atoms with Crippen molar-refractivity contribution in [2.45, 2.75) is 65.1 Å². The molecule has 1 unspecified atom stereocenters. The zero-order valence-electron chi connectivity index (χ0n) is 18.1. The largest absolute Gasteiger partial charge is 0.467 e. The van der Waals surface area contributed by atoms with E-state index in [2.05, 4.69) is 33.2 Å². The Morgan fingerprint density at radius 1 is 1.24 bits per heavy atom. The van der Waals surface area contributed by atoms with Gasteiger partial charge in [-0.2, -0.15) is 0 Å². The summed E-state index contributed by atoms with van der Waals surface area (Å²) in [5.74, 6) is 1.00. The number of carbonyl (C=O) groups is 2. The molecule has 0 saturated heterocycles. The summed E-state index contributed by atoms with van der Waals surface area (Å²) in [6.45, 7) is 8.36. The molecule has 0 bridgehead atoms. The Morgan fingerprint density at radius 3 is 2.59 bits per heavy atom. The molecule has 9 nitrogen and oxygen atoms in total. The number of ether oxygens (including phenoxy) is 1. The Hall–Kier alpha value is -2.71. The summed E-state index contributed by atoms with van der Waals surface area (Å²) in [7, 11) is 1.63. The van der Waals surface area contributed by atoms with Crippen LogP contribution in [-0.2, 0) is 16.1 Å². The number of hydrogen-bond donors (Lipinski definition) is 4. The molecule has 9 heteroatoms. The maximum Gasteiger partial charge on any atom is 0.407 e. The van der Waals surface area contributed by atoms with Gasteiger partial charge in [0.1, 0.15) is 11.4 Å². The molecule has 1 rings (SSSR count). The molecule has 29 heavy (non-hydrogen) atoms. The summed E-state index contributed by atoms with van der Waals surface area (Å²) in [5, 5.41) is 11.8. The highest BCUT2D eigenvalue weighted by Gasteiger charge is 2.18. The maximum atomic E-state index is 12.0. The van der Waals surface area contributed by atoms with Gasteiger partial charge >= 0.3 is 6.09 Å². The fraction of sp³-hybridized carbons (Fsp3) is 0.650. The average molecular weight is 410 g/mol. The van der Waals surface area contributed by atoms with Gasteiger partial charge in [0, 0.05) is 19.6 Å². The minimum Gasteiger partial charge on any atom is -0.467 e. The van der Waals surface area contributed by atoms with Crippen molar-refractivity contribution < 1.29 is 18.7 Å². The van der Waals surface area contributed by atoms with Crippen molar-refractivity contribution in [1.29, 1.82) is 0 Å². The van der Waals surface area contributed by atoms with Gasteiger partial charge in [0.2, 0.25) is 5.91 Å². The summed E-state index contributed by atoms with van der Waals surface area (Å²) >= 11 is 0. The standard InChI is InChI=1S/C20H35N5O4/c1-6-7-9-15(12-24-19(27)29-20(2,3)4)25-18(21-5)23-14-17(26)22-13-16-10-8-11-28-16/h8,10-11,15H,6-7,9,12-14H2,1-5H3,(H,22,26)(H,24,27)(H2,21,23,25). The highest BCUT2D eigenvalue weighted by atomic mass is 16.6. The number of unbranched alkanes of at least 4 members (excludes halogenated alkanes) is 1. The lowest BCUT2D eigenvalue weighted by atomic mass is 10.1. The second-order valence-corrected chi connectivity index (χ2v) is 7.65. The number of amides is 2. The number of nitrogens with zero attached hydrogens (tertiary/aromatic N) is 1. The van der Waals surface area contributed by atoms with Crippen LogP contribution in [-0.4, -0.2) is 49.7 Å². The van der Waals surface area contributed by atoms with Crippen LogP contribution in [0.4, 0.5) is 4.79 Å². The number of carbonyl (C=O) groups excluding carboxylic acids is 2. The molecule has 0 spiro atoms. The Kier molecular flexibility index (Phi) is 10.6. The lowest BCUT2D eigenvalue weighted by Crippen LogP contribution is -2.50. The van der Waals surface area contributed by atoms with Crippen molar-refractivity contribution in [1.82, 2.24) is 21.3 Å². The van der Waals surface area contributed by atoms with Crippen LogP contribution in [0.5, 0.6) is 0 Å². The van der Waals surface area contributed by atoms with Crippen LogP contribution in [0.2, 0.25) is 0 Å². The number of guanidine groups is 1. The number of aliphatic imine (C=N–C) groups is 1. The van der Waals surface area contributed by atoms with E-state index in [9.17, 15) is 9.59 Å². The molecule has 0 fully saturated rings. The SMILES string of the molecule is CCCCC(CNC(=O)OC(C)(C)C)NC(=NC)NCC(=O)NCc1ccco1. The third-order valence-electron chi connectivity index (χ3n) is 3.82. The first-order valence-electron chi connectivity index (χ1n) is 9.96. The fourth-order valence-corrected chi connectivity index (χ4v) is 2.41. The number of alkyl carbamates (subject to hydrolysis) is 1. The normalized spacial score (nSPS) is 12.8. The first kappa shape index (κ1) is 24.3. The zero-order chi connectivity index (χ0) is 21.7. The van der Waals surface area contributed by atoms with Crippen LogP contribution in [0.25, 0.3) is 0 Å². The molecule has 1 aromatic rings.